The molecule has 0 aliphatic rings. The molecule has 1 amide bonds. The number of hydrogen-bond acceptors (Lipinski definition) is 3. The molecule has 6 nitrogen and oxygen atoms in total. The third kappa shape index (κ3) is 4.65. The van der Waals surface area contributed by atoms with E-state index in [-0.39, 0.29) is 12.5 Å². The lowest BCUT2D eigenvalue weighted by molar-refractivity contribution is -0.116. The fourth-order valence-electron chi connectivity index (χ4n) is 2.86. The van der Waals surface area contributed by atoms with Crippen LogP contribution in [0.25, 0.3) is 0 Å². The summed E-state index contributed by atoms with van der Waals surface area (Å²) in [6.45, 7) is 4.14. The first-order valence-electron chi connectivity index (χ1n) is 9.20. The van der Waals surface area contributed by atoms with Crippen molar-refractivity contribution < 1.29 is 4.79 Å². The Morgan fingerprint density at radius 1 is 0.857 bits per heavy atom. The Bertz CT molecular complexity index is 1080. The Labute approximate surface area is 163 Å². The quantitative estimate of drug-likeness (QED) is 0.671. The number of aromatic nitrogens is 2. The van der Waals surface area contributed by atoms with E-state index in [0.29, 0.717) is 12.2 Å². The molecule has 0 spiro atoms. The molecule has 6 heteroatoms. The van der Waals surface area contributed by atoms with Gasteiger partial charge in [-0.3, -0.25) is 19.0 Å². The molecule has 0 unspecified atom stereocenters. The highest BCUT2D eigenvalue weighted by Gasteiger charge is 2.10. The molecular weight excluding hydrogens is 354 g/mol. The molecule has 0 bridgehead atoms. The molecule has 3 aromatic rings. The maximum absolute atomic E-state index is 12.4. The van der Waals surface area contributed by atoms with Crippen LogP contribution in [-0.4, -0.2) is 15.0 Å². The molecule has 0 radical (unpaired) electrons. The van der Waals surface area contributed by atoms with Crippen molar-refractivity contribution in [1.29, 1.82) is 0 Å². The lowest BCUT2D eigenvalue weighted by Crippen LogP contribution is -2.42. The third-order valence-corrected chi connectivity index (χ3v) is 4.56. The van der Waals surface area contributed by atoms with Gasteiger partial charge in [0.15, 0.2) is 0 Å². The SMILES string of the molecule is CCc1ccc(NC(=O)Cn2ccn(Cc3ccc(C)cc3)c(=O)c2=O)cc1. The van der Waals surface area contributed by atoms with Crippen LogP contribution in [0.3, 0.4) is 0 Å². The van der Waals surface area contributed by atoms with Gasteiger partial charge in [-0.2, -0.15) is 0 Å². The molecule has 0 atom stereocenters. The Morgan fingerprint density at radius 3 is 2.07 bits per heavy atom. The molecule has 1 N–H and O–H groups in total. The average molecular weight is 377 g/mol. The number of amides is 1. The van der Waals surface area contributed by atoms with Gasteiger partial charge >= 0.3 is 11.1 Å². The molecule has 2 aromatic carbocycles. The van der Waals surface area contributed by atoms with Gasteiger partial charge in [-0.25, -0.2) is 0 Å². The Kier molecular flexibility index (Phi) is 5.89. The molecule has 144 valence electrons. The van der Waals surface area contributed by atoms with E-state index in [1.165, 1.54) is 22.5 Å². The van der Waals surface area contributed by atoms with E-state index >= 15 is 0 Å². The van der Waals surface area contributed by atoms with Crippen LogP contribution in [-0.2, 0) is 24.3 Å². The molecule has 0 fully saturated rings. The van der Waals surface area contributed by atoms with Crippen molar-refractivity contribution in [3.8, 4) is 0 Å². The second-order valence-electron chi connectivity index (χ2n) is 6.75. The van der Waals surface area contributed by atoms with Crippen LogP contribution in [0.4, 0.5) is 5.69 Å². The first-order valence-corrected chi connectivity index (χ1v) is 9.20. The van der Waals surface area contributed by atoms with Gasteiger partial charge in [0.2, 0.25) is 5.91 Å². The number of aryl methyl sites for hydroxylation is 2. The monoisotopic (exact) mass is 377 g/mol. The summed E-state index contributed by atoms with van der Waals surface area (Å²) in [6.07, 6.45) is 3.92. The van der Waals surface area contributed by atoms with Gasteiger partial charge in [0.25, 0.3) is 0 Å². The average Bonchev–Trinajstić information content (AvgIpc) is 2.70. The van der Waals surface area contributed by atoms with Crippen molar-refractivity contribution in [2.75, 3.05) is 5.32 Å². The Balaban J connectivity index is 1.71. The van der Waals surface area contributed by atoms with E-state index in [0.717, 1.165) is 22.1 Å². The van der Waals surface area contributed by atoms with Crippen LogP contribution in [0.15, 0.2) is 70.5 Å². The first kappa shape index (κ1) is 19.4. The van der Waals surface area contributed by atoms with E-state index < -0.39 is 11.1 Å². The number of benzene rings is 2. The summed E-state index contributed by atoms with van der Waals surface area (Å²) in [5.74, 6) is -0.359. The zero-order valence-corrected chi connectivity index (χ0v) is 16.0. The molecule has 3 rings (SSSR count). The van der Waals surface area contributed by atoms with Crippen molar-refractivity contribution in [2.45, 2.75) is 33.4 Å². The molecule has 0 aliphatic carbocycles. The molecule has 1 heterocycles. The van der Waals surface area contributed by atoms with E-state index in [1.807, 2.05) is 55.5 Å². The zero-order valence-electron chi connectivity index (χ0n) is 16.0. The molecule has 1 aromatic heterocycles. The standard InChI is InChI=1S/C22H23N3O3/c1-3-17-8-10-19(11-9-17)23-20(26)15-25-13-12-24(21(27)22(25)28)14-18-6-4-16(2)5-7-18/h4-13H,3,14-15H2,1-2H3,(H,23,26). The number of rotatable bonds is 6. The predicted molar refractivity (Wildman–Crippen MR) is 110 cm³/mol. The number of hydrogen-bond donors (Lipinski definition) is 1. The molecule has 28 heavy (non-hydrogen) atoms. The largest absolute Gasteiger partial charge is 0.325 e. The third-order valence-electron chi connectivity index (χ3n) is 4.56. The van der Waals surface area contributed by atoms with Crippen LogP contribution in [0, 0.1) is 6.92 Å². The summed E-state index contributed by atoms with van der Waals surface area (Å²) in [6, 6.07) is 15.3. The van der Waals surface area contributed by atoms with Crippen molar-refractivity contribution >= 4 is 11.6 Å². The van der Waals surface area contributed by atoms with Gasteiger partial charge in [0.05, 0.1) is 6.54 Å². The highest BCUT2D eigenvalue weighted by molar-refractivity contribution is 5.90. The fraction of sp³-hybridized carbons (Fsp3) is 0.227. The highest BCUT2D eigenvalue weighted by atomic mass is 16.2. The second-order valence-corrected chi connectivity index (χ2v) is 6.75. The Morgan fingerprint density at radius 2 is 1.43 bits per heavy atom. The van der Waals surface area contributed by atoms with Gasteiger partial charge in [0, 0.05) is 18.1 Å². The minimum Gasteiger partial charge on any atom is -0.325 e. The topological polar surface area (TPSA) is 73.1 Å². The highest BCUT2D eigenvalue weighted by Crippen LogP contribution is 2.10. The lowest BCUT2D eigenvalue weighted by Gasteiger charge is -2.10. The van der Waals surface area contributed by atoms with Crippen LogP contribution in [0.1, 0.15) is 23.6 Å². The summed E-state index contributed by atoms with van der Waals surface area (Å²) < 4.78 is 2.48. The molecular formula is C22H23N3O3. The van der Waals surface area contributed by atoms with Crippen molar-refractivity contribution in [2.24, 2.45) is 0 Å². The summed E-state index contributed by atoms with van der Waals surface area (Å²) in [5.41, 5.74) is 2.52. The van der Waals surface area contributed by atoms with E-state index in [2.05, 4.69) is 12.2 Å². The normalized spacial score (nSPS) is 10.6. The number of nitrogens with zero attached hydrogens (tertiary/aromatic N) is 2. The summed E-state index contributed by atoms with van der Waals surface area (Å²) >= 11 is 0. The molecule has 0 saturated heterocycles. The number of nitrogens with one attached hydrogen (secondary N) is 1. The van der Waals surface area contributed by atoms with Gasteiger partial charge in [-0.1, -0.05) is 48.9 Å². The summed E-state index contributed by atoms with van der Waals surface area (Å²) in [7, 11) is 0. The summed E-state index contributed by atoms with van der Waals surface area (Å²) in [5, 5.41) is 2.74. The molecule has 0 saturated carbocycles. The lowest BCUT2D eigenvalue weighted by atomic mass is 10.1. The van der Waals surface area contributed by atoms with Crippen molar-refractivity contribution in [1.82, 2.24) is 9.13 Å². The maximum atomic E-state index is 12.4. The zero-order chi connectivity index (χ0) is 20.1. The maximum Gasteiger partial charge on any atom is 0.316 e. The van der Waals surface area contributed by atoms with E-state index in [4.69, 9.17) is 0 Å². The van der Waals surface area contributed by atoms with Gasteiger partial charge in [0.1, 0.15) is 6.54 Å². The Hall–Kier alpha value is -3.41. The van der Waals surface area contributed by atoms with Gasteiger partial charge in [-0.15, -0.1) is 0 Å². The number of carbonyl (C=O) groups is 1. The second kappa shape index (κ2) is 8.52. The minimum absolute atomic E-state index is 0.213. The van der Waals surface area contributed by atoms with Crippen molar-refractivity contribution in [3.63, 3.8) is 0 Å². The van der Waals surface area contributed by atoms with Crippen LogP contribution in [0.2, 0.25) is 0 Å². The van der Waals surface area contributed by atoms with Crippen LogP contribution >= 0.6 is 0 Å². The first-order chi connectivity index (χ1) is 13.5. The molecule has 0 aliphatic heterocycles. The smallest absolute Gasteiger partial charge is 0.316 e. The fourth-order valence-corrected chi connectivity index (χ4v) is 2.86. The van der Waals surface area contributed by atoms with Crippen molar-refractivity contribution in [3.05, 3.63) is 98.3 Å². The van der Waals surface area contributed by atoms with Crippen LogP contribution in [0.5, 0.6) is 0 Å². The van der Waals surface area contributed by atoms with Gasteiger partial charge < -0.3 is 9.88 Å². The predicted octanol–water partition coefficient (Wildman–Crippen LogP) is 2.57. The van der Waals surface area contributed by atoms with Gasteiger partial charge in [-0.05, 0) is 36.6 Å². The minimum atomic E-state index is -0.717. The van der Waals surface area contributed by atoms with E-state index in [9.17, 15) is 14.4 Å². The number of carbonyl (C=O) groups excluding carboxylic acids is 1. The van der Waals surface area contributed by atoms with Crippen LogP contribution < -0.4 is 16.4 Å². The number of anilines is 1. The van der Waals surface area contributed by atoms with E-state index in [1.54, 1.807) is 0 Å². The summed E-state index contributed by atoms with van der Waals surface area (Å²) in [4.78, 5) is 37.0.